The van der Waals surface area contributed by atoms with Crippen LogP contribution in [0.3, 0.4) is 0 Å². The number of phenolic OH excluding ortho intramolecular Hbond substituents is 1. The fourth-order valence-electron chi connectivity index (χ4n) is 4.87. The maximum atomic E-state index is 12.6. The first-order valence-electron chi connectivity index (χ1n) is 12.4. The summed E-state index contributed by atoms with van der Waals surface area (Å²) < 4.78 is 22.9. The second-order valence-electron chi connectivity index (χ2n) is 9.39. The molecule has 0 amide bonds. The third kappa shape index (κ3) is 5.53. The van der Waals surface area contributed by atoms with Gasteiger partial charge in [-0.05, 0) is 55.0 Å². The van der Waals surface area contributed by atoms with E-state index in [1.54, 1.807) is 12.1 Å². The molecule has 1 saturated heterocycles. The van der Waals surface area contributed by atoms with Crippen LogP contribution in [-0.2, 0) is 22.4 Å². The summed E-state index contributed by atoms with van der Waals surface area (Å²) >= 11 is 0. The van der Waals surface area contributed by atoms with Crippen molar-refractivity contribution in [1.82, 2.24) is 0 Å². The van der Waals surface area contributed by atoms with Gasteiger partial charge in [-0.15, -0.1) is 0 Å². The van der Waals surface area contributed by atoms with Crippen molar-refractivity contribution < 1.29 is 49.3 Å². The molecule has 0 spiro atoms. The Bertz CT molecular complexity index is 1110. The lowest BCUT2D eigenvalue weighted by molar-refractivity contribution is -0.277. The number of benzene rings is 2. The number of carbonyl (C=O) groups excluding carboxylic acids is 1. The van der Waals surface area contributed by atoms with E-state index in [1.165, 1.54) is 14.2 Å². The van der Waals surface area contributed by atoms with Gasteiger partial charge in [0.2, 0.25) is 12.0 Å². The Kier molecular flexibility index (Phi) is 8.56. The van der Waals surface area contributed by atoms with Gasteiger partial charge < -0.3 is 44.5 Å². The van der Waals surface area contributed by atoms with Crippen molar-refractivity contribution in [3.8, 4) is 34.1 Å². The molecule has 0 unspecified atom stereocenters. The summed E-state index contributed by atoms with van der Waals surface area (Å²) in [6.07, 6.45) is -4.18. The van der Waals surface area contributed by atoms with E-state index in [0.29, 0.717) is 23.1 Å². The number of fused-ring (bicyclic) bond motifs is 5. The standard InChI is InChI=1S/C27H34O10/c1-34-25-18-12-15(8-9-16(29)6-4-3-5-14-7-10-19(30)17(18)11-14)24(26(25)35-2)37-27-23(33)22(32)21(31)20(13-28)36-27/h7,10-12,20-23,27-28,30-33H,3-6,8-9,13H2,1-2H3/t20-,21-,22+,23-,27+/m1/s1. The monoisotopic (exact) mass is 518 g/mol. The molecule has 0 radical (unpaired) electrons. The number of Topliss-reactive ketones (excluding diaryl/α,β-unsaturated/α-hetero) is 1. The molecule has 5 N–H and O–H groups in total. The number of carbonyl (C=O) groups is 1. The van der Waals surface area contributed by atoms with Crippen LogP contribution in [0.5, 0.6) is 23.0 Å². The van der Waals surface area contributed by atoms with Crippen molar-refractivity contribution in [1.29, 1.82) is 0 Å². The molecule has 2 aromatic carbocycles. The summed E-state index contributed by atoms with van der Waals surface area (Å²) in [6, 6.07) is 7.10. The van der Waals surface area contributed by atoms with Gasteiger partial charge in [0, 0.05) is 24.0 Å². The average molecular weight is 519 g/mol. The molecule has 0 aromatic heterocycles. The van der Waals surface area contributed by atoms with Crippen molar-refractivity contribution >= 4 is 5.78 Å². The van der Waals surface area contributed by atoms with Crippen LogP contribution >= 0.6 is 0 Å². The van der Waals surface area contributed by atoms with Crippen LogP contribution in [0.15, 0.2) is 24.3 Å². The number of ketones is 1. The molecule has 2 aromatic rings. The molecular weight excluding hydrogens is 484 g/mol. The second-order valence-corrected chi connectivity index (χ2v) is 9.39. The number of aromatic hydroxyl groups is 1. The molecule has 4 rings (SSSR count). The first kappa shape index (κ1) is 27.2. The highest BCUT2D eigenvalue weighted by Gasteiger charge is 2.45. The Morgan fingerprint density at radius 2 is 1.59 bits per heavy atom. The lowest BCUT2D eigenvalue weighted by Gasteiger charge is -2.40. The zero-order chi connectivity index (χ0) is 26.7. The van der Waals surface area contributed by atoms with E-state index < -0.39 is 37.3 Å². The number of aryl methyl sites for hydroxylation is 2. The normalized spacial score (nSPS) is 26.4. The zero-order valence-corrected chi connectivity index (χ0v) is 20.9. The minimum atomic E-state index is -1.64. The van der Waals surface area contributed by atoms with E-state index in [1.807, 2.05) is 12.1 Å². The van der Waals surface area contributed by atoms with Gasteiger partial charge in [-0.25, -0.2) is 0 Å². The molecule has 4 bridgehead atoms. The maximum absolute atomic E-state index is 12.6. The van der Waals surface area contributed by atoms with Gasteiger partial charge >= 0.3 is 0 Å². The highest BCUT2D eigenvalue weighted by atomic mass is 16.7. The molecule has 2 aliphatic rings. The molecule has 202 valence electrons. The molecule has 0 saturated carbocycles. The third-order valence-electron chi connectivity index (χ3n) is 6.95. The number of hydrogen-bond donors (Lipinski definition) is 5. The van der Waals surface area contributed by atoms with Crippen molar-refractivity contribution in [3.63, 3.8) is 0 Å². The Hall–Kier alpha value is -2.89. The van der Waals surface area contributed by atoms with E-state index in [4.69, 9.17) is 18.9 Å². The summed E-state index contributed by atoms with van der Waals surface area (Å²) in [4.78, 5) is 12.6. The number of rotatable bonds is 5. The first-order valence-corrected chi connectivity index (χ1v) is 12.4. The number of methoxy groups -OCH3 is 2. The van der Waals surface area contributed by atoms with Gasteiger partial charge in [0.25, 0.3) is 0 Å². The molecule has 1 fully saturated rings. The molecule has 37 heavy (non-hydrogen) atoms. The summed E-state index contributed by atoms with van der Waals surface area (Å²) in [5.74, 6) is 0.636. The Morgan fingerprint density at radius 1 is 0.865 bits per heavy atom. The van der Waals surface area contributed by atoms with Crippen LogP contribution in [0.25, 0.3) is 11.1 Å². The predicted molar refractivity (Wildman–Crippen MR) is 132 cm³/mol. The van der Waals surface area contributed by atoms with Gasteiger partial charge in [0.1, 0.15) is 35.9 Å². The molecule has 10 nitrogen and oxygen atoms in total. The van der Waals surface area contributed by atoms with Gasteiger partial charge in [0.05, 0.1) is 20.8 Å². The molecule has 1 heterocycles. The van der Waals surface area contributed by atoms with Crippen molar-refractivity contribution in [2.24, 2.45) is 0 Å². The highest BCUT2D eigenvalue weighted by Crippen LogP contribution is 2.50. The fourth-order valence-corrected chi connectivity index (χ4v) is 4.87. The SMILES string of the molecule is COc1c2cc(c(O[C@@H]3O[C@H](CO)[C@@H](O)[C@H](O)[C@H]3O)c1OC)CCC(=O)CCCCc1ccc(O)c-2c1. The minimum absolute atomic E-state index is 0.0450. The number of ether oxygens (including phenoxy) is 4. The summed E-state index contributed by atoms with van der Waals surface area (Å²) in [6.45, 7) is -0.610. The fraction of sp³-hybridized carbons (Fsp3) is 0.519. The van der Waals surface area contributed by atoms with E-state index in [0.717, 1.165) is 24.8 Å². The second kappa shape index (κ2) is 11.7. The van der Waals surface area contributed by atoms with E-state index in [2.05, 4.69) is 0 Å². The van der Waals surface area contributed by atoms with Crippen molar-refractivity contribution in [2.45, 2.75) is 69.2 Å². The zero-order valence-electron chi connectivity index (χ0n) is 20.9. The Morgan fingerprint density at radius 3 is 2.30 bits per heavy atom. The van der Waals surface area contributed by atoms with Crippen LogP contribution in [0.1, 0.15) is 36.8 Å². The summed E-state index contributed by atoms with van der Waals surface area (Å²) in [5, 5.41) is 51.2. The number of aliphatic hydroxyl groups excluding tert-OH is 4. The lowest BCUT2D eigenvalue weighted by atomic mass is 9.95. The van der Waals surface area contributed by atoms with E-state index in [9.17, 15) is 30.3 Å². The van der Waals surface area contributed by atoms with Gasteiger partial charge in [-0.2, -0.15) is 0 Å². The van der Waals surface area contributed by atoms with Crippen LogP contribution in [0, 0.1) is 0 Å². The molecule has 5 atom stereocenters. The summed E-state index contributed by atoms with van der Waals surface area (Å²) in [7, 11) is 2.85. The Balaban J connectivity index is 1.86. The largest absolute Gasteiger partial charge is 0.507 e. The molecule has 10 heteroatoms. The average Bonchev–Trinajstić information content (AvgIpc) is 2.91. The van der Waals surface area contributed by atoms with Crippen LogP contribution < -0.4 is 14.2 Å². The van der Waals surface area contributed by atoms with Gasteiger partial charge in [-0.3, -0.25) is 4.79 Å². The van der Waals surface area contributed by atoms with Crippen molar-refractivity contribution in [3.05, 3.63) is 35.4 Å². The summed E-state index contributed by atoms with van der Waals surface area (Å²) in [5.41, 5.74) is 2.59. The number of aliphatic hydroxyl groups is 4. The topological polar surface area (TPSA) is 155 Å². The first-order chi connectivity index (χ1) is 17.8. The molecule has 1 aliphatic carbocycles. The minimum Gasteiger partial charge on any atom is -0.507 e. The lowest BCUT2D eigenvalue weighted by Crippen LogP contribution is -2.60. The third-order valence-corrected chi connectivity index (χ3v) is 6.95. The Labute approximate surface area is 215 Å². The smallest absolute Gasteiger partial charge is 0.229 e. The van der Waals surface area contributed by atoms with Gasteiger partial charge in [-0.1, -0.05) is 6.07 Å². The number of phenols is 1. The van der Waals surface area contributed by atoms with Crippen LogP contribution in [-0.4, -0.2) is 82.8 Å². The quantitative estimate of drug-likeness (QED) is 0.393. The van der Waals surface area contributed by atoms with Crippen LogP contribution in [0.4, 0.5) is 0 Å². The van der Waals surface area contributed by atoms with Crippen LogP contribution in [0.2, 0.25) is 0 Å². The molecular formula is C27H34O10. The van der Waals surface area contributed by atoms with Gasteiger partial charge in [0.15, 0.2) is 11.5 Å². The highest BCUT2D eigenvalue weighted by molar-refractivity contribution is 5.83. The maximum Gasteiger partial charge on any atom is 0.229 e. The van der Waals surface area contributed by atoms with Crippen molar-refractivity contribution in [2.75, 3.05) is 20.8 Å². The molecule has 1 aliphatic heterocycles. The number of hydrogen-bond acceptors (Lipinski definition) is 10. The predicted octanol–water partition coefficient (Wildman–Crippen LogP) is 1.48. The van der Waals surface area contributed by atoms with E-state index >= 15 is 0 Å². The van der Waals surface area contributed by atoms with E-state index in [-0.39, 0.29) is 41.6 Å².